The van der Waals surface area contributed by atoms with Gasteiger partial charge in [-0.2, -0.15) is 0 Å². The van der Waals surface area contributed by atoms with Gasteiger partial charge < -0.3 is 4.42 Å². The van der Waals surface area contributed by atoms with Crippen LogP contribution < -0.4 is 0 Å². The van der Waals surface area contributed by atoms with Crippen LogP contribution in [0.2, 0.25) is 0 Å². The van der Waals surface area contributed by atoms with Gasteiger partial charge in [0.2, 0.25) is 0 Å². The quantitative estimate of drug-likeness (QED) is 0.687. The first-order valence-electron chi connectivity index (χ1n) is 5.74. The third-order valence-electron chi connectivity index (χ3n) is 2.86. The summed E-state index contributed by atoms with van der Waals surface area (Å²) in [6.07, 6.45) is 6.65. The fraction of sp³-hybridized carbons (Fsp3) is 0.692. The monoisotopic (exact) mass is 194 g/mol. The molecule has 0 radical (unpaired) electrons. The lowest BCUT2D eigenvalue weighted by Crippen LogP contribution is -2.00. The molecule has 80 valence electrons. The van der Waals surface area contributed by atoms with Crippen LogP contribution in [0.5, 0.6) is 0 Å². The normalized spacial score (nSPS) is 13.1. The lowest BCUT2D eigenvalue weighted by molar-refractivity contribution is 0.434. The average Bonchev–Trinajstić information content (AvgIpc) is 2.47. The standard InChI is InChI=1S/C13H22O/c1-5-7-10(3)8-13-12(6-2)11(4)9-14-13/h9-10H,5-8H2,1-4H3. The van der Waals surface area contributed by atoms with Crippen molar-refractivity contribution in [2.45, 2.75) is 53.4 Å². The molecule has 1 atom stereocenters. The molecule has 1 heteroatoms. The summed E-state index contributed by atoms with van der Waals surface area (Å²) in [5.74, 6) is 1.96. The molecule has 1 aromatic heterocycles. The van der Waals surface area contributed by atoms with Crippen LogP contribution >= 0.6 is 0 Å². The highest BCUT2D eigenvalue weighted by atomic mass is 16.3. The van der Waals surface area contributed by atoms with E-state index in [9.17, 15) is 0 Å². The van der Waals surface area contributed by atoms with Crippen molar-refractivity contribution >= 4 is 0 Å². The van der Waals surface area contributed by atoms with Gasteiger partial charge in [-0.3, -0.25) is 0 Å². The summed E-state index contributed by atoms with van der Waals surface area (Å²) in [6, 6.07) is 0. The van der Waals surface area contributed by atoms with Gasteiger partial charge in [-0.15, -0.1) is 0 Å². The summed E-state index contributed by atoms with van der Waals surface area (Å²) in [5, 5.41) is 0. The van der Waals surface area contributed by atoms with E-state index in [4.69, 9.17) is 4.42 Å². The van der Waals surface area contributed by atoms with Gasteiger partial charge in [0.1, 0.15) is 5.76 Å². The highest BCUT2D eigenvalue weighted by molar-refractivity contribution is 5.26. The van der Waals surface area contributed by atoms with Crippen LogP contribution in [-0.4, -0.2) is 0 Å². The highest BCUT2D eigenvalue weighted by Gasteiger charge is 2.11. The topological polar surface area (TPSA) is 13.1 Å². The largest absolute Gasteiger partial charge is 0.469 e. The molecule has 0 aliphatic heterocycles. The minimum absolute atomic E-state index is 0.746. The summed E-state index contributed by atoms with van der Waals surface area (Å²) in [4.78, 5) is 0. The number of aryl methyl sites for hydroxylation is 1. The summed E-state index contributed by atoms with van der Waals surface area (Å²) in [5.41, 5.74) is 2.74. The van der Waals surface area contributed by atoms with Gasteiger partial charge in [0.25, 0.3) is 0 Å². The predicted molar refractivity (Wildman–Crippen MR) is 60.6 cm³/mol. The molecule has 0 fully saturated rings. The molecule has 1 heterocycles. The SMILES string of the molecule is CCCC(C)Cc1occ(C)c1CC. The zero-order chi connectivity index (χ0) is 10.6. The van der Waals surface area contributed by atoms with Crippen molar-refractivity contribution in [3.63, 3.8) is 0 Å². The van der Waals surface area contributed by atoms with Crippen molar-refractivity contribution in [3.05, 3.63) is 23.2 Å². The maximum Gasteiger partial charge on any atom is 0.107 e. The van der Waals surface area contributed by atoms with Crippen LogP contribution in [0.3, 0.4) is 0 Å². The molecule has 0 aromatic carbocycles. The molecule has 1 aromatic rings. The molecule has 0 aliphatic carbocycles. The van der Waals surface area contributed by atoms with E-state index in [2.05, 4.69) is 27.7 Å². The van der Waals surface area contributed by atoms with Crippen LogP contribution in [0, 0.1) is 12.8 Å². The van der Waals surface area contributed by atoms with Gasteiger partial charge in [0.15, 0.2) is 0 Å². The molecule has 0 amide bonds. The Morgan fingerprint density at radius 3 is 2.64 bits per heavy atom. The van der Waals surface area contributed by atoms with Crippen LogP contribution in [0.15, 0.2) is 10.7 Å². The summed E-state index contributed by atoms with van der Waals surface area (Å²) in [6.45, 7) is 8.88. The minimum atomic E-state index is 0.746. The summed E-state index contributed by atoms with van der Waals surface area (Å²) in [7, 11) is 0. The maximum atomic E-state index is 5.60. The summed E-state index contributed by atoms with van der Waals surface area (Å²) >= 11 is 0. The van der Waals surface area contributed by atoms with Crippen molar-refractivity contribution < 1.29 is 4.42 Å². The number of furan rings is 1. The molecule has 1 nitrogen and oxygen atoms in total. The molecule has 1 rings (SSSR count). The Kier molecular flexibility index (Phi) is 4.24. The van der Waals surface area contributed by atoms with Crippen LogP contribution in [0.1, 0.15) is 50.5 Å². The molecule has 0 aliphatic rings. The fourth-order valence-corrected chi connectivity index (χ4v) is 2.08. The smallest absolute Gasteiger partial charge is 0.107 e. The van der Waals surface area contributed by atoms with E-state index in [0.29, 0.717) is 0 Å². The number of hydrogen-bond donors (Lipinski definition) is 0. The predicted octanol–water partition coefficient (Wildman–Crippen LogP) is 4.13. The van der Waals surface area contributed by atoms with Gasteiger partial charge in [0, 0.05) is 6.42 Å². The second-order valence-electron chi connectivity index (χ2n) is 4.27. The van der Waals surface area contributed by atoms with Gasteiger partial charge >= 0.3 is 0 Å². The van der Waals surface area contributed by atoms with E-state index in [-0.39, 0.29) is 0 Å². The lowest BCUT2D eigenvalue weighted by Gasteiger charge is -2.08. The third-order valence-corrected chi connectivity index (χ3v) is 2.86. The molecule has 0 saturated carbocycles. The molecule has 0 N–H and O–H groups in total. The van der Waals surface area contributed by atoms with Crippen molar-refractivity contribution in [1.82, 2.24) is 0 Å². The first-order valence-corrected chi connectivity index (χ1v) is 5.74. The first-order chi connectivity index (χ1) is 6.69. The third kappa shape index (κ3) is 2.63. The van der Waals surface area contributed by atoms with Crippen molar-refractivity contribution in [2.75, 3.05) is 0 Å². The Labute approximate surface area is 87.5 Å². The van der Waals surface area contributed by atoms with E-state index >= 15 is 0 Å². The molecule has 0 saturated heterocycles. The van der Waals surface area contributed by atoms with E-state index in [1.165, 1.54) is 29.7 Å². The fourth-order valence-electron chi connectivity index (χ4n) is 2.08. The van der Waals surface area contributed by atoms with E-state index in [1.807, 2.05) is 6.26 Å². The molecule has 0 bridgehead atoms. The van der Waals surface area contributed by atoms with Crippen LogP contribution in [0.25, 0.3) is 0 Å². The Bertz CT molecular complexity index is 273. The van der Waals surface area contributed by atoms with Crippen LogP contribution in [0.4, 0.5) is 0 Å². The second-order valence-corrected chi connectivity index (χ2v) is 4.27. The van der Waals surface area contributed by atoms with Gasteiger partial charge in [-0.25, -0.2) is 0 Å². The van der Waals surface area contributed by atoms with Gasteiger partial charge in [0.05, 0.1) is 6.26 Å². The molecule has 14 heavy (non-hydrogen) atoms. The van der Waals surface area contributed by atoms with Crippen molar-refractivity contribution in [1.29, 1.82) is 0 Å². The molecular formula is C13H22O. The van der Waals surface area contributed by atoms with Crippen molar-refractivity contribution in [3.8, 4) is 0 Å². The zero-order valence-electron chi connectivity index (χ0n) is 9.89. The minimum Gasteiger partial charge on any atom is -0.469 e. The summed E-state index contributed by atoms with van der Waals surface area (Å²) < 4.78 is 5.60. The molecule has 1 unspecified atom stereocenters. The van der Waals surface area contributed by atoms with Gasteiger partial charge in [-0.05, 0) is 30.4 Å². The Hall–Kier alpha value is -0.720. The highest BCUT2D eigenvalue weighted by Crippen LogP contribution is 2.22. The molecular weight excluding hydrogens is 172 g/mol. The maximum absolute atomic E-state index is 5.60. The first kappa shape index (κ1) is 11.4. The Balaban J connectivity index is 2.66. The average molecular weight is 194 g/mol. The number of hydrogen-bond acceptors (Lipinski definition) is 1. The number of rotatable bonds is 5. The Morgan fingerprint density at radius 2 is 2.07 bits per heavy atom. The second kappa shape index (κ2) is 5.23. The molecule has 0 spiro atoms. The van der Waals surface area contributed by atoms with E-state index < -0.39 is 0 Å². The lowest BCUT2D eigenvalue weighted by atomic mass is 9.97. The van der Waals surface area contributed by atoms with E-state index in [1.54, 1.807) is 0 Å². The van der Waals surface area contributed by atoms with Crippen LogP contribution in [-0.2, 0) is 12.8 Å². The Morgan fingerprint density at radius 1 is 1.36 bits per heavy atom. The van der Waals surface area contributed by atoms with E-state index in [0.717, 1.165) is 18.8 Å². The van der Waals surface area contributed by atoms with Gasteiger partial charge in [-0.1, -0.05) is 33.6 Å². The zero-order valence-corrected chi connectivity index (χ0v) is 9.89. The van der Waals surface area contributed by atoms with Crippen molar-refractivity contribution in [2.24, 2.45) is 5.92 Å².